The Morgan fingerprint density at radius 2 is 1.54 bits per heavy atom. The molecule has 1 atom stereocenters. The minimum absolute atomic E-state index is 0.0369. The van der Waals surface area contributed by atoms with Crippen LogP contribution in [0, 0.1) is 0 Å². The van der Waals surface area contributed by atoms with Crippen LogP contribution in [0.3, 0.4) is 0 Å². The second-order valence-electron chi connectivity index (χ2n) is 8.55. The van der Waals surface area contributed by atoms with Crippen LogP contribution in [0.15, 0.2) is 89.9 Å². The standard InChI is InChI=1S/C28H21ClN4O2S2/c29-20-13-11-19(12-14-20)28-33(22(35)16-37-28)32-26-24(27-30-21(34)15-36-27)23(17-7-3-1-4-8-17)25(31-26)18-9-5-2-6-10-18/h1-14,28,31-32H,15-16H2. The molecular weight excluding hydrogens is 524 g/mol. The maximum atomic E-state index is 13.1. The van der Waals surface area contributed by atoms with Crippen LogP contribution in [-0.2, 0) is 9.59 Å². The third kappa shape index (κ3) is 4.68. The van der Waals surface area contributed by atoms with Crippen LogP contribution in [0.2, 0.25) is 5.02 Å². The number of hydrazine groups is 1. The number of amides is 2. The smallest absolute Gasteiger partial charge is 0.257 e. The first kappa shape index (κ1) is 23.9. The number of rotatable bonds is 6. The van der Waals surface area contributed by atoms with E-state index in [1.165, 1.54) is 11.8 Å². The number of aromatic amines is 1. The average molecular weight is 545 g/mol. The van der Waals surface area contributed by atoms with Crippen molar-refractivity contribution in [2.24, 2.45) is 4.99 Å². The van der Waals surface area contributed by atoms with Crippen LogP contribution < -0.4 is 5.43 Å². The summed E-state index contributed by atoms with van der Waals surface area (Å²) in [7, 11) is 0. The summed E-state index contributed by atoms with van der Waals surface area (Å²) in [5.41, 5.74) is 8.92. The van der Waals surface area contributed by atoms with Crippen LogP contribution in [0.1, 0.15) is 16.5 Å². The molecule has 4 aromatic rings. The number of aromatic nitrogens is 1. The van der Waals surface area contributed by atoms with Gasteiger partial charge >= 0.3 is 0 Å². The fraction of sp³-hybridized carbons (Fsp3) is 0.107. The number of nitrogens with zero attached hydrogens (tertiary/aromatic N) is 2. The lowest BCUT2D eigenvalue weighted by Crippen LogP contribution is -2.34. The number of anilines is 1. The summed E-state index contributed by atoms with van der Waals surface area (Å²) in [5, 5.41) is 2.69. The van der Waals surface area contributed by atoms with Crippen molar-refractivity contribution in [2.75, 3.05) is 16.9 Å². The molecule has 184 valence electrons. The summed E-state index contributed by atoms with van der Waals surface area (Å²) in [6.07, 6.45) is 0. The number of thioether (sulfide) groups is 2. The molecule has 0 bridgehead atoms. The van der Waals surface area contributed by atoms with E-state index in [0.29, 0.717) is 27.4 Å². The Balaban J connectivity index is 1.51. The molecule has 0 spiro atoms. The molecule has 6 rings (SSSR count). The van der Waals surface area contributed by atoms with Crippen LogP contribution in [0.25, 0.3) is 22.4 Å². The monoisotopic (exact) mass is 544 g/mol. The van der Waals surface area contributed by atoms with Gasteiger partial charge in [0, 0.05) is 10.6 Å². The van der Waals surface area contributed by atoms with E-state index in [1.54, 1.807) is 16.8 Å². The van der Waals surface area contributed by atoms with Crippen molar-refractivity contribution in [3.63, 3.8) is 0 Å². The molecule has 37 heavy (non-hydrogen) atoms. The first-order chi connectivity index (χ1) is 18.1. The molecule has 0 saturated carbocycles. The van der Waals surface area contributed by atoms with E-state index in [2.05, 4.69) is 15.4 Å². The van der Waals surface area contributed by atoms with Crippen molar-refractivity contribution in [1.29, 1.82) is 0 Å². The van der Waals surface area contributed by atoms with Gasteiger partial charge in [-0.05, 0) is 28.8 Å². The summed E-state index contributed by atoms with van der Waals surface area (Å²) in [6, 6.07) is 27.6. The largest absolute Gasteiger partial charge is 0.339 e. The molecule has 3 aromatic carbocycles. The Hall–Kier alpha value is -3.46. The first-order valence-electron chi connectivity index (χ1n) is 11.7. The number of hydrogen-bond donors (Lipinski definition) is 2. The third-order valence-electron chi connectivity index (χ3n) is 6.15. The predicted molar refractivity (Wildman–Crippen MR) is 153 cm³/mol. The van der Waals surface area contributed by atoms with E-state index in [9.17, 15) is 9.59 Å². The maximum Gasteiger partial charge on any atom is 0.257 e. The van der Waals surface area contributed by atoms with E-state index < -0.39 is 0 Å². The number of hydrogen-bond acceptors (Lipinski definition) is 5. The summed E-state index contributed by atoms with van der Waals surface area (Å²) in [4.78, 5) is 33.2. The SMILES string of the molecule is O=C1CSC(c2c(NN3C(=O)CSC3c3ccc(Cl)cc3)[nH]c(-c3ccccc3)c2-c2ccccc2)=N1. The number of benzene rings is 3. The lowest BCUT2D eigenvalue weighted by Gasteiger charge is -2.25. The fourth-order valence-electron chi connectivity index (χ4n) is 4.49. The lowest BCUT2D eigenvalue weighted by atomic mass is 9.98. The highest BCUT2D eigenvalue weighted by Gasteiger charge is 2.36. The molecule has 1 unspecified atom stereocenters. The Morgan fingerprint density at radius 1 is 0.865 bits per heavy atom. The summed E-state index contributed by atoms with van der Waals surface area (Å²) in [6.45, 7) is 0. The van der Waals surface area contributed by atoms with E-state index >= 15 is 0 Å². The summed E-state index contributed by atoms with van der Waals surface area (Å²) in [5.74, 6) is 1.06. The maximum absolute atomic E-state index is 13.1. The molecule has 1 fully saturated rings. The van der Waals surface area contributed by atoms with Crippen molar-refractivity contribution >= 4 is 57.8 Å². The number of carbonyl (C=O) groups is 2. The predicted octanol–water partition coefficient (Wildman–Crippen LogP) is 6.62. The number of halogens is 1. The highest BCUT2D eigenvalue weighted by Crippen LogP contribution is 2.44. The molecule has 9 heteroatoms. The molecular formula is C28H21ClN4O2S2. The van der Waals surface area contributed by atoms with E-state index in [1.807, 2.05) is 84.9 Å². The first-order valence-corrected chi connectivity index (χ1v) is 14.1. The van der Waals surface area contributed by atoms with Gasteiger partial charge in [-0.3, -0.25) is 15.0 Å². The third-order valence-corrected chi connectivity index (χ3v) is 8.58. The van der Waals surface area contributed by atoms with Gasteiger partial charge < -0.3 is 4.98 Å². The second-order valence-corrected chi connectivity index (χ2v) is 11.0. The zero-order chi connectivity index (χ0) is 25.4. The summed E-state index contributed by atoms with van der Waals surface area (Å²) >= 11 is 9.06. The van der Waals surface area contributed by atoms with E-state index in [-0.39, 0.29) is 17.2 Å². The lowest BCUT2D eigenvalue weighted by molar-refractivity contribution is -0.126. The molecule has 0 radical (unpaired) electrons. The molecule has 1 aromatic heterocycles. The molecule has 6 nitrogen and oxygen atoms in total. The van der Waals surface area contributed by atoms with Gasteiger partial charge in [0.05, 0.1) is 22.8 Å². The fourth-order valence-corrected chi connectivity index (χ4v) is 6.56. The number of H-pyrrole nitrogens is 1. The van der Waals surface area contributed by atoms with Crippen molar-refractivity contribution in [2.45, 2.75) is 5.37 Å². The van der Waals surface area contributed by atoms with Gasteiger partial charge in [0.2, 0.25) is 0 Å². The quantitative estimate of drug-likeness (QED) is 0.285. The average Bonchev–Trinajstić information content (AvgIpc) is 3.63. The molecule has 0 aliphatic carbocycles. The zero-order valence-corrected chi connectivity index (χ0v) is 21.9. The van der Waals surface area contributed by atoms with Gasteiger partial charge in [-0.25, -0.2) is 10.0 Å². The molecule has 2 aliphatic rings. The minimum Gasteiger partial charge on any atom is -0.339 e. The van der Waals surface area contributed by atoms with Gasteiger partial charge in [0.1, 0.15) is 16.2 Å². The van der Waals surface area contributed by atoms with Crippen molar-refractivity contribution < 1.29 is 9.59 Å². The summed E-state index contributed by atoms with van der Waals surface area (Å²) < 4.78 is 0. The molecule has 2 N–H and O–H groups in total. The minimum atomic E-state index is -0.235. The number of nitrogens with one attached hydrogen (secondary N) is 2. The van der Waals surface area contributed by atoms with Gasteiger partial charge in [0.15, 0.2) is 0 Å². The van der Waals surface area contributed by atoms with Gasteiger partial charge in [-0.15, -0.1) is 11.8 Å². The Morgan fingerprint density at radius 3 is 2.19 bits per heavy atom. The van der Waals surface area contributed by atoms with Crippen LogP contribution in [-0.4, -0.2) is 38.4 Å². The molecule has 1 saturated heterocycles. The Bertz CT molecular complexity index is 1500. The normalized spacial score (nSPS) is 17.4. The van der Waals surface area contributed by atoms with E-state index in [0.717, 1.165) is 33.5 Å². The van der Waals surface area contributed by atoms with Crippen LogP contribution in [0.4, 0.5) is 5.82 Å². The van der Waals surface area contributed by atoms with Crippen LogP contribution >= 0.6 is 35.1 Å². The van der Waals surface area contributed by atoms with E-state index in [4.69, 9.17) is 11.6 Å². The highest BCUT2D eigenvalue weighted by atomic mass is 35.5. The Labute approximate surface area is 227 Å². The molecule has 2 amide bonds. The highest BCUT2D eigenvalue weighted by molar-refractivity contribution is 8.15. The Kier molecular flexibility index (Phi) is 6.54. The van der Waals surface area contributed by atoms with Gasteiger partial charge in [-0.2, -0.15) is 0 Å². The topological polar surface area (TPSA) is 77.6 Å². The zero-order valence-electron chi connectivity index (χ0n) is 19.5. The molecule has 3 heterocycles. The van der Waals surface area contributed by atoms with Crippen molar-refractivity contribution in [3.8, 4) is 22.4 Å². The van der Waals surface area contributed by atoms with Crippen LogP contribution in [0.5, 0.6) is 0 Å². The van der Waals surface area contributed by atoms with Crippen molar-refractivity contribution in [3.05, 3.63) is 101 Å². The van der Waals surface area contributed by atoms with Gasteiger partial charge in [-0.1, -0.05) is 96.2 Å². The van der Waals surface area contributed by atoms with Gasteiger partial charge in [0.25, 0.3) is 11.8 Å². The second kappa shape index (κ2) is 10.1. The number of carbonyl (C=O) groups excluding carboxylic acids is 2. The van der Waals surface area contributed by atoms with Crippen molar-refractivity contribution in [1.82, 2.24) is 9.99 Å². The number of aliphatic imine (C=N–C) groups is 1. The molecule has 2 aliphatic heterocycles.